The maximum atomic E-state index is 14.2. The van der Waals surface area contributed by atoms with E-state index in [1.54, 1.807) is 12.1 Å². The average Bonchev–Trinajstić information content (AvgIpc) is 2.87. The van der Waals surface area contributed by atoms with Gasteiger partial charge in [-0.05, 0) is 36.4 Å². The second kappa shape index (κ2) is 9.82. The third kappa shape index (κ3) is 4.96. The molecule has 3 aromatic carbocycles. The number of amides is 1. The zero-order chi connectivity index (χ0) is 25.2. The third-order valence-corrected chi connectivity index (χ3v) is 9.34. The number of anilines is 1. The van der Waals surface area contributed by atoms with E-state index in [4.69, 9.17) is 0 Å². The summed E-state index contributed by atoms with van der Waals surface area (Å²) in [6, 6.07) is 16.2. The first-order valence-corrected chi connectivity index (χ1v) is 13.4. The Morgan fingerprint density at radius 3 is 1.80 bits per heavy atom. The maximum absolute atomic E-state index is 14.2. The SMILES string of the molecule is O=C(Nc1c(F)cccc1F)[C@H]1CN(S(=O)(=O)c2ccccc2)CCN1S(=O)(=O)c1ccccc1. The van der Waals surface area contributed by atoms with Crippen molar-refractivity contribution >= 4 is 31.6 Å². The molecule has 1 N–H and O–H groups in total. The van der Waals surface area contributed by atoms with Crippen molar-refractivity contribution in [3.8, 4) is 0 Å². The molecule has 0 spiro atoms. The lowest BCUT2D eigenvalue weighted by Gasteiger charge is -2.38. The minimum atomic E-state index is -4.24. The fourth-order valence-electron chi connectivity index (χ4n) is 3.75. The van der Waals surface area contributed by atoms with Gasteiger partial charge in [-0.2, -0.15) is 8.61 Å². The summed E-state index contributed by atoms with van der Waals surface area (Å²) in [5.41, 5.74) is -0.752. The van der Waals surface area contributed by atoms with Crippen LogP contribution in [-0.2, 0) is 24.8 Å². The Kier molecular flexibility index (Phi) is 6.99. The maximum Gasteiger partial charge on any atom is 0.244 e. The molecule has 8 nitrogen and oxygen atoms in total. The van der Waals surface area contributed by atoms with Crippen LogP contribution in [-0.4, -0.2) is 57.0 Å². The van der Waals surface area contributed by atoms with E-state index >= 15 is 0 Å². The Morgan fingerprint density at radius 1 is 0.743 bits per heavy atom. The Hall–Kier alpha value is -3.19. The number of para-hydroxylation sites is 1. The predicted molar refractivity (Wildman–Crippen MR) is 124 cm³/mol. The van der Waals surface area contributed by atoms with Crippen molar-refractivity contribution in [3.63, 3.8) is 0 Å². The van der Waals surface area contributed by atoms with Crippen LogP contribution in [0.5, 0.6) is 0 Å². The molecule has 35 heavy (non-hydrogen) atoms. The van der Waals surface area contributed by atoms with E-state index in [0.29, 0.717) is 0 Å². The summed E-state index contributed by atoms with van der Waals surface area (Å²) >= 11 is 0. The number of sulfonamides is 2. The number of hydrogen-bond donors (Lipinski definition) is 1. The second-order valence-corrected chi connectivity index (χ2v) is 11.5. The molecule has 3 aromatic rings. The van der Waals surface area contributed by atoms with Gasteiger partial charge < -0.3 is 5.32 Å². The minimum absolute atomic E-state index is 0.0290. The van der Waals surface area contributed by atoms with Crippen molar-refractivity contribution in [2.75, 3.05) is 25.0 Å². The van der Waals surface area contributed by atoms with Crippen LogP contribution >= 0.6 is 0 Å². The lowest BCUT2D eigenvalue weighted by Crippen LogP contribution is -2.60. The van der Waals surface area contributed by atoms with Crippen LogP contribution in [0.1, 0.15) is 0 Å². The van der Waals surface area contributed by atoms with E-state index in [1.807, 2.05) is 0 Å². The van der Waals surface area contributed by atoms with Gasteiger partial charge in [0, 0.05) is 19.6 Å². The number of piperazine rings is 1. The van der Waals surface area contributed by atoms with Gasteiger partial charge in [-0.25, -0.2) is 25.6 Å². The molecule has 184 valence electrons. The molecule has 0 bridgehead atoms. The summed E-state index contributed by atoms with van der Waals surface area (Å²) in [7, 11) is -8.31. The van der Waals surface area contributed by atoms with E-state index in [0.717, 1.165) is 26.8 Å². The first kappa shape index (κ1) is 24.9. The predicted octanol–water partition coefficient (Wildman–Crippen LogP) is 2.67. The van der Waals surface area contributed by atoms with Crippen LogP contribution in [0, 0.1) is 11.6 Å². The normalized spacial score (nSPS) is 17.7. The highest BCUT2D eigenvalue weighted by Gasteiger charge is 2.43. The number of nitrogens with one attached hydrogen (secondary N) is 1. The minimum Gasteiger partial charge on any atom is -0.320 e. The van der Waals surface area contributed by atoms with Crippen molar-refractivity contribution in [1.29, 1.82) is 0 Å². The lowest BCUT2D eigenvalue weighted by molar-refractivity contribution is -0.120. The van der Waals surface area contributed by atoms with Gasteiger partial charge in [0.05, 0.1) is 9.79 Å². The number of nitrogens with zero attached hydrogens (tertiary/aromatic N) is 2. The fraction of sp³-hybridized carbons (Fsp3) is 0.174. The van der Waals surface area contributed by atoms with E-state index in [1.165, 1.54) is 48.5 Å². The van der Waals surface area contributed by atoms with E-state index in [9.17, 15) is 30.4 Å². The van der Waals surface area contributed by atoms with Gasteiger partial charge in [0.15, 0.2) is 0 Å². The zero-order valence-corrected chi connectivity index (χ0v) is 19.8. The van der Waals surface area contributed by atoms with Crippen molar-refractivity contribution in [3.05, 3.63) is 90.5 Å². The molecule has 1 fully saturated rings. The summed E-state index contributed by atoms with van der Waals surface area (Å²) in [4.78, 5) is 13.1. The molecular weight excluding hydrogens is 500 g/mol. The van der Waals surface area contributed by atoms with Gasteiger partial charge in [0.2, 0.25) is 26.0 Å². The fourth-order valence-corrected chi connectivity index (χ4v) is 6.80. The quantitative estimate of drug-likeness (QED) is 0.537. The highest BCUT2D eigenvalue weighted by Crippen LogP contribution is 2.27. The van der Waals surface area contributed by atoms with E-state index in [2.05, 4.69) is 5.32 Å². The third-order valence-electron chi connectivity index (χ3n) is 5.54. The monoisotopic (exact) mass is 521 g/mol. The molecule has 1 amide bonds. The van der Waals surface area contributed by atoms with Crippen molar-refractivity contribution < 1.29 is 30.4 Å². The van der Waals surface area contributed by atoms with Crippen LogP contribution < -0.4 is 5.32 Å². The summed E-state index contributed by atoms with van der Waals surface area (Å²) in [6.07, 6.45) is 0. The first-order valence-electron chi connectivity index (χ1n) is 10.5. The van der Waals surface area contributed by atoms with Crippen molar-refractivity contribution in [2.24, 2.45) is 0 Å². The summed E-state index contributed by atoms with van der Waals surface area (Å²) in [5.74, 6) is -3.18. The molecule has 12 heteroatoms. The van der Waals surface area contributed by atoms with E-state index < -0.39 is 55.9 Å². The Bertz CT molecular complexity index is 1420. The van der Waals surface area contributed by atoms with Gasteiger partial charge >= 0.3 is 0 Å². The lowest BCUT2D eigenvalue weighted by atomic mass is 10.2. The van der Waals surface area contributed by atoms with Gasteiger partial charge in [-0.3, -0.25) is 4.79 Å². The second-order valence-electron chi connectivity index (χ2n) is 7.71. The number of halogens is 2. The molecular formula is C23H21F2N3O5S2. The molecule has 1 heterocycles. The molecule has 1 aliphatic rings. The van der Waals surface area contributed by atoms with Gasteiger partial charge in [-0.1, -0.05) is 42.5 Å². The number of benzene rings is 3. The van der Waals surface area contributed by atoms with Crippen LogP contribution in [0.2, 0.25) is 0 Å². The Labute approximate surface area is 201 Å². The largest absolute Gasteiger partial charge is 0.320 e. The van der Waals surface area contributed by atoms with E-state index in [-0.39, 0.29) is 22.9 Å². The number of carbonyl (C=O) groups is 1. The standard InChI is InChI=1S/C23H21F2N3O5S2/c24-19-12-7-13-20(25)22(19)26-23(29)21-16-27(34(30,31)17-8-3-1-4-9-17)14-15-28(21)35(32,33)18-10-5-2-6-11-18/h1-13,21H,14-16H2,(H,26,29)/t21-/m1/s1. The number of hydrogen-bond acceptors (Lipinski definition) is 5. The molecule has 0 radical (unpaired) electrons. The van der Waals surface area contributed by atoms with Crippen LogP contribution in [0.3, 0.4) is 0 Å². The van der Waals surface area contributed by atoms with Gasteiger partial charge in [0.1, 0.15) is 23.4 Å². The van der Waals surface area contributed by atoms with Gasteiger partial charge in [0.25, 0.3) is 0 Å². The highest BCUT2D eigenvalue weighted by molar-refractivity contribution is 7.89. The topological polar surface area (TPSA) is 104 Å². The first-order chi connectivity index (χ1) is 16.6. The molecule has 0 aliphatic carbocycles. The molecule has 1 aliphatic heterocycles. The van der Waals surface area contributed by atoms with Crippen LogP contribution in [0.15, 0.2) is 88.7 Å². The molecule has 1 saturated heterocycles. The molecule has 0 saturated carbocycles. The smallest absolute Gasteiger partial charge is 0.244 e. The molecule has 1 atom stereocenters. The van der Waals surface area contributed by atoms with Gasteiger partial charge in [-0.15, -0.1) is 0 Å². The summed E-state index contributed by atoms with van der Waals surface area (Å²) in [6.45, 7) is -1.12. The number of rotatable bonds is 6. The average molecular weight is 522 g/mol. The van der Waals surface area contributed by atoms with Crippen LogP contribution in [0.25, 0.3) is 0 Å². The van der Waals surface area contributed by atoms with Crippen LogP contribution in [0.4, 0.5) is 14.5 Å². The Balaban J connectivity index is 1.72. The molecule has 0 unspecified atom stereocenters. The molecule has 0 aromatic heterocycles. The highest BCUT2D eigenvalue weighted by atomic mass is 32.2. The molecule has 4 rings (SSSR count). The Morgan fingerprint density at radius 2 is 1.26 bits per heavy atom. The summed E-state index contributed by atoms with van der Waals surface area (Å²) < 4.78 is 83.2. The zero-order valence-electron chi connectivity index (χ0n) is 18.2. The van der Waals surface area contributed by atoms with Crippen molar-refractivity contribution in [1.82, 2.24) is 8.61 Å². The summed E-state index contributed by atoms with van der Waals surface area (Å²) in [5, 5.41) is 2.10. The number of carbonyl (C=O) groups excluding carboxylic acids is 1. The van der Waals surface area contributed by atoms with Crippen molar-refractivity contribution in [2.45, 2.75) is 15.8 Å².